The Morgan fingerprint density at radius 1 is 0.957 bits per heavy atom. The molecule has 3 rings (SSSR count). The minimum atomic E-state index is -0.0555. The van der Waals surface area contributed by atoms with Crippen LogP contribution in [0.3, 0.4) is 0 Å². The number of phenols is 1. The fraction of sp³-hybridized carbons (Fsp3) is 0.316. The van der Waals surface area contributed by atoms with Gasteiger partial charge < -0.3 is 14.7 Å². The van der Waals surface area contributed by atoms with Gasteiger partial charge in [0, 0.05) is 17.7 Å². The van der Waals surface area contributed by atoms with Gasteiger partial charge in [-0.25, -0.2) is 0 Å². The van der Waals surface area contributed by atoms with Crippen molar-refractivity contribution in [2.45, 2.75) is 13.8 Å². The molecule has 23 heavy (non-hydrogen) atoms. The number of hydrogen-bond acceptors (Lipinski definition) is 4. The zero-order valence-electron chi connectivity index (χ0n) is 13.5. The van der Waals surface area contributed by atoms with Crippen LogP contribution in [0, 0.1) is 0 Å². The third-order valence-corrected chi connectivity index (χ3v) is 4.34. The van der Waals surface area contributed by atoms with E-state index in [0.717, 1.165) is 30.8 Å². The normalized spacial score (nSPS) is 12.4. The van der Waals surface area contributed by atoms with Gasteiger partial charge in [-0.1, -0.05) is 13.8 Å². The average molecular weight is 311 g/mol. The van der Waals surface area contributed by atoms with Crippen LogP contribution in [0.15, 0.2) is 36.4 Å². The van der Waals surface area contributed by atoms with Gasteiger partial charge in [0.25, 0.3) is 0 Å². The Morgan fingerprint density at radius 3 is 2.30 bits per heavy atom. The summed E-state index contributed by atoms with van der Waals surface area (Å²) in [6.07, 6.45) is 0. The van der Waals surface area contributed by atoms with Gasteiger partial charge in [0.15, 0.2) is 5.78 Å². The Labute approximate surface area is 136 Å². The van der Waals surface area contributed by atoms with E-state index in [-0.39, 0.29) is 11.5 Å². The van der Waals surface area contributed by atoms with E-state index in [1.54, 1.807) is 18.2 Å². The Kier molecular flexibility index (Phi) is 4.35. The molecule has 0 aromatic heterocycles. The maximum absolute atomic E-state index is 12.5. The van der Waals surface area contributed by atoms with Crippen molar-refractivity contribution >= 4 is 5.78 Å². The number of phenolic OH excluding ortho intramolecular Hbond substituents is 1. The molecule has 0 unspecified atom stereocenters. The number of nitrogens with zero attached hydrogens (tertiary/aromatic N) is 1. The molecule has 4 heteroatoms. The standard InChI is InChI=1S/C19H21NO3/c1-3-20(4-2)9-10-23-14-6-8-16-15-7-5-13(21)11-17(15)19(22)18(16)12-14/h5-8,11-12,21H,3-4,9-10H2,1-2H3. The van der Waals surface area contributed by atoms with E-state index >= 15 is 0 Å². The number of carbonyl (C=O) groups excluding carboxylic acids is 1. The number of carbonyl (C=O) groups is 1. The molecule has 0 saturated carbocycles. The topological polar surface area (TPSA) is 49.8 Å². The number of ketones is 1. The minimum absolute atomic E-state index is 0.0555. The molecule has 2 aromatic rings. The maximum atomic E-state index is 12.5. The average Bonchev–Trinajstić information content (AvgIpc) is 2.84. The molecule has 0 saturated heterocycles. The summed E-state index contributed by atoms with van der Waals surface area (Å²) in [6.45, 7) is 7.73. The number of ether oxygens (including phenoxy) is 1. The lowest BCUT2D eigenvalue weighted by Gasteiger charge is -2.18. The third kappa shape index (κ3) is 2.94. The van der Waals surface area contributed by atoms with E-state index in [0.29, 0.717) is 23.5 Å². The highest BCUT2D eigenvalue weighted by atomic mass is 16.5. The van der Waals surface area contributed by atoms with Gasteiger partial charge in [-0.05, 0) is 60.6 Å². The van der Waals surface area contributed by atoms with Crippen LogP contribution in [-0.2, 0) is 0 Å². The second kappa shape index (κ2) is 6.42. The first-order valence-corrected chi connectivity index (χ1v) is 8.01. The summed E-state index contributed by atoms with van der Waals surface area (Å²) in [5.41, 5.74) is 2.98. The fourth-order valence-electron chi connectivity index (χ4n) is 2.97. The summed E-state index contributed by atoms with van der Waals surface area (Å²) < 4.78 is 5.79. The fourth-order valence-corrected chi connectivity index (χ4v) is 2.97. The van der Waals surface area contributed by atoms with Crippen molar-refractivity contribution in [1.82, 2.24) is 4.90 Å². The molecule has 0 heterocycles. The molecule has 1 N–H and O–H groups in total. The van der Waals surface area contributed by atoms with E-state index in [1.165, 1.54) is 6.07 Å². The number of hydrogen-bond donors (Lipinski definition) is 1. The molecule has 1 aliphatic carbocycles. The Morgan fingerprint density at radius 2 is 1.61 bits per heavy atom. The van der Waals surface area contributed by atoms with E-state index in [2.05, 4.69) is 18.7 Å². The number of benzene rings is 2. The molecule has 0 bridgehead atoms. The predicted molar refractivity (Wildman–Crippen MR) is 90.3 cm³/mol. The van der Waals surface area contributed by atoms with Crippen LogP contribution in [0.2, 0.25) is 0 Å². The van der Waals surface area contributed by atoms with Crippen molar-refractivity contribution < 1.29 is 14.6 Å². The van der Waals surface area contributed by atoms with Gasteiger partial charge >= 0.3 is 0 Å². The minimum Gasteiger partial charge on any atom is -0.508 e. The van der Waals surface area contributed by atoms with E-state index in [4.69, 9.17) is 4.74 Å². The first kappa shape index (κ1) is 15.6. The SMILES string of the molecule is CCN(CC)CCOc1ccc2c(c1)C(=O)c1cc(O)ccc1-2. The van der Waals surface area contributed by atoms with Crippen molar-refractivity contribution in [3.8, 4) is 22.6 Å². The van der Waals surface area contributed by atoms with E-state index < -0.39 is 0 Å². The molecule has 0 spiro atoms. The second-order valence-electron chi connectivity index (χ2n) is 5.64. The lowest BCUT2D eigenvalue weighted by molar-refractivity contribution is 0.104. The Bertz CT molecular complexity index is 735. The van der Waals surface area contributed by atoms with Gasteiger partial charge in [-0.15, -0.1) is 0 Å². The van der Waals surface area contributed by atoms with Crippen LogP contribution in [0.5, 0.6) is 11.5 Å². The summed E-state index contributed by atoms with van der Waals surface area (Å²) in [5, 5.41) is 9.58. The van der Waals surface area contributed by atoms with Gasteiger partial charge in [0.05, 0.1) is 0 Å². The highest BCUT2D eigenvalue weighted by molar-refractivity contribution is 6.22. The van der Waals surface area contributed by atoms with Crippen molar-refractivity contribution in [3.05, 3.63) is 47.5 Å². The van der Waals surface area contributed by atoms with Crippen molar-refractivity contribution in [2.75, 3.05) is 26.2 Å². The van der Waals surface area contributed by atoms with Crippen LogP contribution in [0.1, 0.15) is 29.8 Å². The highest BCUT2D eigenvalue weighted by Gasteiger charge is 2.27. The van der Waals surface area contributed by atoms with Crippen LogP contribution in [0.4, 0.5) is 0 Å². The first-order valence-electron chi connectivity index (χ1n) is 8.01. The second-order valence-corrected chi connectivity index (χ2v) is 5.64. The molecule has 2 aromatic carbocycles. The summed E-state index contributed by atoms with van der Waals surface area (Å²) in [7, 11) is 0. The summed E-state index contributed by atoms with van der Waals surface area (Å²) in [6, 6.07) is 10.5. The van der Waals surface area contributed by atoms with Crippen molar-refractivity contribution in [1.29, 1.82) is 0 Å². The Hall–Kier alpha value is -2.33. The maximum Gasteiger partial charge on any atom is 0.194 e. The lowest BCUT2D eigenvalue weighted by Crippen LogP contribution is -2.27. The van der Waals surface area contributed by atoms with E-state index in [9.17, 15) is 9.90 Å². The number of aromatic hydroxyl groups is 1. The van der Waals surface area contributed by atoms with Crippen LogP contribution in [0.25, 0.3) is 11.1 Å². The van der Waals surface area contributed by atoms with Gasteiger partial charge in [-0.3, -0.25) is 4.79 Å². The molecule has 0 fully saturated rings. The molecule has 0 radical (unpaired) electrons. The molecule has 0 amide bonds. The first-order chi connectivity index (χ1) is 11.1. The lowest BCUT2D eigenvalue weighted by atomic mass is 10.1. The predicted octanol–water partition coefficient (Wildman–Crippen LogP) is 3.32. The molecular formula is C19H21NO3. The largest absolute Gasteiger partial charge is 0.508 e. The molecule has 1 aliphatic rings. The molecule has 120 valence electrons. The molecule has 0 atom stereocenters. The number of rotatable bonds is 6. The zero-order chi connectivity index (χ0) is 16.4. The summed E-state index contributed by atoms with van der Waals surface area (Å²) >= 11 is 0. The van der Waals surface area contributed by atoms with E-state index in [1.807, 2.05) is 12.1 Å². The highest BCUT2D eigenvalue weighted by Crippen LogP contribution is 2.39. The molecule has 0 aliphatic heterocycles. The van der Waals surface area contributed by atoms with Crippen LogP contribution in [-0.4, -0.2) is 42.0 Å². The third-order valence-electron chi connectivity index (χ3n) is 4.34. The smallest absolute Gasteiger partial charge is 0.194 e. The van der Waals surface area contributed by atoms with Gasteiger partial charge in [-0.2, -0.15) is 0 Å². The quantitative estimate of drug-likeness (QED) is 0.758. The van der Waals surface area contributed by atoms with Crippen molar-refractivity contribution in [3.63, 3.8) is 0 Å². The molecular weight excluding hydrogens is 290 g/mol. The molecule has 4 nitrogen and oxygen atoms in total. The summed E-state index contributed by atoms with van der Waals surface area (Å²) in [4.78, 5) is 14.8. The monoisotopic (exact) mass is 311 g/mol. The van der Waals surface area contributed by atoms with Crippen LogP contribution < -0.4 is 4.74 Å². The summed E-state index contributed by atoms with van der Waals surface area (Å²) in [5.74, 6) is 0.766. The van der Waals surface area contributed by atoms with Gasteiger partial charge in [0.1, 0.15) is 18.1 Å². The van der Waals surface area contributed by atoms with Gasteiger partial charge in [0.2, 0.25) is 0 Å². The van der Waals surface area contributed by atoms with Crippen LogP contribution >= 0.6 is 0 Å². The Balaban J connectivity index is 1.77. The van der Waals surface area contributed by atoms with Crippen molar-refractivity contribution in [2.24, 2.45) is 0 Å². The number of fused-ring (bicyclic) bond motifs is 3. The number of likely N-dealkylation sites (N-methyl/N-ethyl adjacent to an activating group) is 1. The zero-order valence-corrected chi connectivity index (χ0v) is 13.5.